The highest BCUT2D eigenvalue weighted by Crippen LogP contribution is 2.30. The van der Waals surface area contributed by atoms with Crippen LogP contribution >= 0.6 is 11.3 Å². The van der Waals surface area contributed by atoms with Crippen LogP contribution in [-0.2, 0) is 11.8 Å². The van der Waals surface area contributed by atoms with E-state index in [2.05, 4.69) is 20.8 Å². The van der Waals surface area contributed by atoms with Crippen LogP contribution in [0.15, 0.2) is 35.9 Å². The number of piperidine rings is 1. The molecular weight excluding hydrogens is 396 g/mol. The number of carbonyl (C=O) groups is 1. The molecule has 1 aliphatic heterocycles. The Morgan fingerprint density at radius 1 is 1.33 bits per heavy atom. The number of anilines is 2. The number of hydrogen-bond donors (Lipinski definition) is 1. The van der Waals surface area contributed by atoms with Crippen LogP contribution in [0.3, 0.4) is 0 Å². The Kier molecular flexibility index (Phi) is 5.94. The highest BCUT2D eigenvalue weighted by atomic mass is 32.1. The van der Waals surface area contributed by atoms with Gasteiger partial charge in [0.15, 0.2) is 5.13 Å². The van der Waals surface area contributed by atoms with Gasteiger partial charge < -0.3 is 10.2 Å². The van der Waals surface area contributed by atoms with E-state index in [0.717, 1.165) is 53.0 Å². The highest BCUT2D eigenvalue weighted by molar-refractivity contribution is 7.13. The lowest BCUT2D eigenvalue weighted by molar-refractivity contribution is -0.127. The second kappa shape index (κ2) is 8.79. The number of amides is 1. The quantitative estimate of drug-likeness (QED) is 0.628. The molecule has 0 bridgehead atoms. The predicted octanol–water partition coefficient (Wildman–Crippen LogP) is 4.05. The van der Waals surface area contributed by atoms with Gasteiger partial charge in [0.25, 0.3) is 0 Å². The first-order chi connectivity index (χ1) is 14.5. The average molecular weight is 423 g/mol. The zero-order chi connectivity index (χ0) is 21.1. The molecule has 4 heterocycles. The van der Waals surface area contributed by atoms with E-state index in [9.17, 15) is 4.79 Å². The summed E-state index contributed by atoms with van der Waals surface area (Å²) in [7, 11) is 1.92. The zero-order valence-corrected chi connectivity index (χ0v) is 18.3. The minimum absolute atomic E-state index is 0.0458. The number of aryl methyl sites for hydroxylation is 2. The molecule has 1 N–H and O–H groups in total. The lowest BCUT2D eigenvalue weighted by Gasteiger charge is -2.31. The maximum atomic E-state index is 12.8. The van der Waals surface area contributed by atoms with Crippen molar-refractivity contribution in [2.45, 2.75) is 32.6 Å². The third kappa shape index (κ3) is 4.43. The summed E-state index contributed by atoms with van der Waals surface area (Å²) in [5.74, 6) is 1.09. The molecule has 156 valence electrons. The molecule has 0 aliphatic carbocycles. The Morgan fingerprint density at radius 3 is 2.93 bits per heavy atom. The average Bonchev–Trinajstić information content (AvgIpc) is 3.31. The fourth-order valence-electron chi connectivity index (χ4n) is 3.79. The van der Waals surface area contributed by atoms with E-state index in [1.807, 2.05) is 54.8 Å². The van der Waals surface area contributed by atoms with Crippen molar-refractivity contribution in [1.29, 1.82) is 0 Å². The summed E-state index contributed by atoms with van der Waals surface area (Å²) in [6, 6.07) is 5.74. The topological polar surface area (TPSA) is 75.9 Å². The number of rotatable bonds is 5. The lowest BCUT2D eigenvalue weighted by Crippen LogP contribution is -2.38. The minimum atomic E-state index is 0.0458. The van der Waals surface area contributed by atoms with Crippen LogP contribution in [0.1, 0.15) is 41.4 Å². The molecule has 0 aromatic carbocycles. The van der Waals surface area contributed by atoms with E-state index in [1.54, 1.807) is 23.6 Å². The molecule has 4 rings (SSSR count). The normalized spacial score (nSPS) is 16.9. The third-order valence-corrected chi connectivity index (χ3v) is 6.31. The Labute approximate surface area is 180 Å². The molecule has 1 amide bonds. The summed E-state index contributed by atoms with van der Waals surface area (Å²) in [4.78, 5) is 23.7. The monoisotopic (exact) mass is 422 g/mol. The maximum absolute atomic E-state index is 12.8. The molecule has 30 heavy (non-hydrogen) atoms. The Hall–Kier alpha value is -3.00. The molecule has 1 atom stereocenters. The Balaban J connectivity index is 1.41. The number of likely N-dealkylation sites (tertiary alicyclic amines) is 1. The zero-order valence-electron chi connectivity index (χ0n) is 17.5. The number of thiazole rings is 1. The van der Waals surface area contributed by atoms with Gasteiger partial charge in [-0.1, -0.05) is 6.07 Å². The van der Waals surface area contributed by atoms with Crippen molar-refractivity contribution in [2.75, 3.05) is 18.4 Å². The summed E-state index contributed by atoms with van der Waals surface area (Å²) >= 11 is 1.57. The second-order valence-electron chi connectivity index (χ2n) is 7.58. The van der Waals surface area contributed by atoms with Gasteiger partial charge in [0.05, 0.1) is 11.4 Å². The van der Waals surface area contributed by atoms with E-state index < -0.39 is 0 Å². The van der Waals surface area contributed by atoms with Gasteiger partial charge in [-0.15, -0.1) is 11.3 Å². The summed E-state index contributed by atoms with van der Waals surface area (Å²) in [6.07, 6.45) is 7.34. The molecule has 0 spiro atoms. The molecule has 7 nitrogen and oxygen atoms in total. The predicted molar refractivity (Wildman–Crippen MR) is 120 cm³/mol. The van der Waals surface area contributed by atoms with Gasteiger partial charge in [0, 0.05) is 55.0 Å². The second-order valence-corrected chi connectivity index (χ2v) is 8.44. The number of nitrogens with one attached hydrogen (secondary N) is 1. The summed E-state index contributed by atoms with van der Waals surface area (Å²) < 4.78 is 1.84. The lowest BCUT2D eigenvalue weighted by atomic mass is 9.95. The van der Waals surface area contributed by atoms with Crippen LogP contribution in [0.2, 0.25) is 0 Å². The highest BCUT2D eigenvalue weighted by Gasteiger charge is 2.25. The van der Waals surface area contributed by atoms with Gasteiger partial charge in [-0.3, -0.25) is 9.48 Å². The van der Waals surface area contributed by atoms with Crippen molar-refractivity contribution in [3.8, 4) is 0 Å². The van der Waals surface area contributed by atoms with Gasteiger partial charge in [0.2, 0.25) is 5.91 Å². The minimum Gasteiger partial charge on any atom is -0.338 e. The Morgan fingerprint density at radius 2 is 2.20 bits per heavy atom. The number of carbonyl (C=O) groups excluding carboxylic acids is 1. The summed E-state index contributed by atoms with van der Waals surface area (Å²) in [5.41, 5.74) is 4.05. The first kappa shape index (κ1) is 20.3. The fourth-order valence-corrected chi connectivity index (χ4v) is 4.59. The van der Waals surface area contributed by atoms with Crippen LogP contribution in [0.5, 0.6) is 0 Å². The molecule has 8 heteroatoms. The van der Waals surface area contributed by atoms with Crippen molar-refractivity contribution < 1.29 is 4.79 Å². The molecule has 0 radical (unpaired) electrons. The van der Waals surface area contributed by atoms with Crippen molar-refractivity contribution in [3.63, 3.8) is 0 Å². The number of pyridine rings is 1. The smallest absolute Gasteiger partial charge is 0.246 e. The Bertz CT molecular complexity index is 1060. The molecule has 1 saturated heterocycles. The number of hydrogen-bond acceptors (Lipinski definition) is 6. The molecule has 1 aliphatic rings. The number of aromatic nitrogens is 4. The molecular formula is C22H26N6OS. The molecule has 0 saturated carbocycles. The van der Waals surface area contributed by atoms with Crippen molar-refractivity contribution in [3.05, 3.63) is 58.5 Å². The number of nitrogens with zero attached hydrogens (tertiary/aromatic N) is 5. The standard InChI is InChI=1S/C22H26N6OS/c1-15-18(16(2)27(3)26-15)9-10-21(29)28-12-6-7-17(13-28)19-14-30-22(24-19)25-20-8-4-5-11-23-20/h4-5,8-11,14,17H,6-7,12-13H2,1-3H3,(H,23,24,25)/b10-9+. The van der Waals surface area contributed by atoms with Gasteiger partial charge in [-0.2, -0.15) is 5.10 Å². The van der Waals surface area contributed by atoms with E-state index in [1.165, 1.54) is 0 Å². The fraction of sp³-hybridized carbons (Fsp3) is 0.364. The van der Waals surface area contributed by atoms with Gasteiger partial charge >= 0.3 is 0 Å². The first-order valence-electron chi connectivity index (χ1n) is 10.1. The molecule has 1 fully saturated rings. The van der Waals surface area contributed by atoms with E-state index in [0.29, 0.717) is 6.54 Å². The SMILES string of the molecule is Cc1nn(C)c(C)c1/C=C/C(=O)N1CCCC(c2csc(Nc3ccccn3)n2)C1. The van der Waals surface area contributed by atoms with E-state index in [-0.39, 0.29) is 11.8 Å². The third-order valence-electron chi connectivity index (χ3n) is 5.53. The first-order valence-corrected chi connectivity index (χ1v) is 11.0. The van der Waals surface area contributed by atoms with Gasteiger partial charge in [-0.05, 0) is 44.9 Å². The van der Waals surface area contributed by atoms with Gasteiger partial charge in [0.1, 0.15) is 5.82 Å². The van der Waals surface area contributed by atoms with Gasteiger partial charge in [-0.25, -0.2) is 9.97 Å². The van der Waals surface area contributed by atoms with Crippen molar-refractivity contribution in [1.82, 2.24) is 24.6 Å². The van der Waals surface area contributed by atoms with E-state index >= 15 is 0 Å². The van der Waals surface area contributed by atoms with Crippen molar-refractivity contribution in [2.24, 2.45) is 7.05 Å². The van der Waals surface area contributed by atoms with E-state index in [4.69, 9.17) is 4.98 Å². The van der Waals surface area contributed by atoms with Crippen LogP contribution < -0.4 is 5.32 Å². The molecule has 3 aromatic rings. The molecule has 1 unspecified atom stereocenters. The molecule has 3 aromatic heterocycles. The summed E-state index contributed by atoms with van der Waals surface area (Å²) in [6.45, 7) is 5.46. The van der Waals surface area contributed by atoms with Crippen LogP contribution in [-0.4, -0.2) is 43.6 Å². The van der Waals surface area contributed by atoms with Crippen LogP contribution in [0.4, 0.5) is 10.9 Å². The van der Waals surface area contributed by atoms with Crippen LogP contribution in [0, 0.1) is 13.8 Å². The summed E-state index contributed by atoms with van der Waals surface area (Å²) in [5, 5.41) is 10.6. The maximum Gasteiger partial charge on any atom is 0.246 e. The largest absolute Gasteiger partial charge is 0.338 e. The van der Waals surface area contributed by atoms with Crippen molar-refractivity contribution >= 4 is 34.3 Å². The van der Waals surface area contributed by atoms with Crippen LogP contribution in [0.25, 0.3) is 6.08 Å².